The van der Waals surface area contributed by atoms with Gasteiger partial charge in [0, 0.05) is 21.7 Å². The first-order valence-corrected chi connectivity index (χ1v) is 9.94. The Morgan fingerprint density at radius 2 is 1.96 bits per heavy atom. The molecule has 28 heavy (non-hydrogen) atoms. The van der Waals surface area contributed by atoms with Crippen molar-refractivity contribution in [3.8, 4) is 10.6 Å². The molecule has 144 valence electrons. The van der Waals surface area contributed by atoms with Gasteiger partial charge in [0.05, 0.1) is 12.1 Å². The van der Waals surface area contributed by atoms with Crippen LogP contribution in [0.3, 0.4) is 0 Å². The molecule has 5 nitrogen and oxygen atoms in total. The van der Waals surface area contributed by atoms with Gasteiger partial charge in [-0.2, -0.15) is 0 Å². The summed E-state index contributed by atoms with van der Waals surface area (Å²) in [5.74, 6) is -0.927. The topological polar surface area (TPSA) is 68.3 Å². The van der Waals surface area contributed by atoms with Crippen LogP contribution in [0.15, 0.2) is 53.9 Å². The summed E-state index contributed by atoms with van der Waals surface area (Å²) >= 11 is 7.36. The number of nitrogens with zero attached hydrogens (tertiary/aromatic N) is 1. The van der Waals surface area contributed by atoms with Crippen molar-refractivity contribution in [1.29, 1.82) is 0 Å². The van der Waals surface area contributed by atoms with Gasteiger partial charge in [-0.1, -0.05) is 47.5 Å². The van der Waals surface area contributed by atoms with Gasteiger partial charge < -0.3 is 10.1 Å². The average molecular weight is 415 g/mol. The monoisotopic (exact) mass is 414 g/mol. The average Bonchev–Trinajstić information content (AvgIpc) is 3.10. The second kappa shape index (κ2) is 8.99. The fourth-order valence-electron chi connectivity index (χ4n) is 2.47. The van der Waals surface area contributed by atoms with Crippen molar-refractivity contribution < 1.29 is 14.3 Å². The smallest absolute Gasteiger partial charge is 0.312 e. The highest BCUT2D eigenvalue weighted by molar-refractivity contribution is 7.13. The quantitative estimate of drug-likeness (QED) is 0.583. The van der Waals surface area contributed by atoms with E-state index in [0.29, 0.717) is 16.4 Å². The number of nitrogens with one attached hydrogen (secondary N) is 1. The van der Waals surface area contributed by atoms with Gasteiger partial charge in [-0.15, -0.1) is 11.3 Å². The van der Waals surface area contributed by atoms with Gasteiger partial charge in [-0.3, -0.25) is 9.59 Å². The maximum Gasteiger partial charge on any atom is 0.312 e. The van der Waals surface area contributed by atoms with E-state index in [1.54, 1.807) is 24.3 Å². The predicted octanol–water partition coefficient (Wildman–Crippen LogP) is 4.88. The van der Waals surface area contributed by atoms with E-state index < -0.39 is 18.0 Å². The molecule has 1 amide bonds. The van der Waals surface area contributed by atoms with Gasteiger partial charge in [0.2, 0.25) is 0 Å². The van der Waals surface area contributed by atoms with E-state index >= 15 is 0 Å². The first-order chi connectivity index (χ1) is 13.4. The molecule has 0 unspecified atom stereocenters. The zero-order chi connectivity index (χ0) is 20.1. The molecule has 0 radical (unpaired) electrons. The Morgan fingerprint density at radius 3 is 2.68 bits per heavy atom. The number of esters is 1. The zero-order valence-electron chi connectivity index (χ0n) is 15.4. The fraction of sp³-hybridized carbons (Fsp3) is 0.190. The highest BCUT2D eigenvalue weighted by Gasteiger charge is 2.19. The minimum Gasteiger partial charge on any atom is -0.452 e. The maximum atomic E-state index is 12.2. The summed E-state index contributed by atoms with van der Waals surface area (Å²) in [6, 6.07) is 14.8. The molecule has 2 aromatic carbocycles. The van der Waals surface area contributed by atoms with Crippen molar-refractivity contribution in [2.75, 3.05) is 5.32 Å². The molecule has 0 aliphatic carbocycles. The Labute approximate surface area is 172 Å². The highest BCUT2D eigenvalue weighted by Crippen LogP contribution is 2.24. The number of thiazole rings is 1. The van der Waals surface area contributed by atoms with E-state index in [4.69, 9.17) is 16.3 Å². The van der Waals surface area contributed by atoms with Gasteiger partial charge in [0.25, 0.3) is 5.91 Å². The number of aryl methyl sites for hydroxylation is 1. The number of halogens is 1. The van der Waals surface area contributed by atoms with Crippen LogP contribution in [0.5, 0.6) is 0 Å². The Morgan fingerprint density at radius 1 is 1.21 bits per heavy atom. The third-order valence-corrected chi connectivity index (χ3v) is 5.12. The van der Waals surface area contributed by atoms with Crippen LogP contribution in [0.25, 0.3) is 10.6 Å². The standard InChI is InChI=1S/C21H19ClN2O3S/c1-13-6-8-15(9-7-13)21-24-18(12-28-21)11-19(25)27-14(2)20(26)23-17-5-3-4-16(22)10-17/h3-10,12,14H,11H2,1-2H3,(H,23,26)/t14-/m1/s1. The number of anilines is 1. The second-order valence-electron chi connectivity index (χ2n) is 6.32. The normalized spacial score (nSPS) is 11.7. The van der Waals surface area contributed by atoms with Crippen molar-refractivity contribution >= 4 is 40.5 Å². The molecule has 1 aromatic heterocycles. The lowest BCUT2D eigenvalue weighted by Crippen LogP contribution is -2.30. The Bertz CT molecular complexity index is 985. The first kappa shape index (κ1) is 20.0. The lowest BCUT2D eigenvalue weighted by molar-refractivity contribution is -0.152. The predicted molar refractivity (Wildman–Crippen MR) is 112 cm³/mol. The molecule has 0 saturated carbocycles. The number of hydrogen-bond donors (Lipinski definition) is 1. The molecule has 0 saturated heterocycles. The molecule has 1 atom stereocenters. The zero-order valence-corrected chi connectivity index (χ0v) is 17.0. The number of carbonyl (C=O) groups is 2. The lowest BCUT2D eigenvalue weighted by Gasteiger charge is -2.13. The molecule has 0 spiro atoms. The molecule has 3 aromatic rings. The van der Waals surface area contributed by atoms with Gasteiger partial charge in [0.1, 0.15) is 5.01 Å². The summed E-state index contributed by atoms with van der Waals surface area (Å²) in [5, 5.41) is 5.85. The van der Waals surface area contributed by atoms with Gasteiger partial charge in [-0.05, 0) is 32.0 Å². The van der Waals surface area contributed by atoms with Crippen LogP contribution in [0.1, 0.15) is 18.2 Å². The first-order valence-electron chi connectivity index (χ1n) is 8.68. The van der Waals surface area contributed by atoms with Crippen LogP contribution < -0.4 is 5.32 Å². The second-order valence-corrected chi connectivity index (χ2v) is 7.61. The number of benzene rings is 2. The Hall–Kier alpha value is -2.70. The molecule has 0 aliphatic heterocycles. The number of carbonyl (C=O) groups excluding carboxylic acids is 2. The Kier molecular flexibility index (Phi) is 6.44. The minimum atomic E-state index is -0.929. The summed E-state index contributed by atoms with van der Waals surface area (Å²) in [7, 11) is 0. The Balaban J connectivity index is 1.55. The molecule has 1 heterocycles. The lowest BCUT2D eigenvalue weighted by atomic mass is 10.2. The maximum absolute atomic E-state index is 12.2. The van der Waals surface area contributed by atoms with Gasteiger partial charge >= 0.3 is 5.97 Å². The van der Waals surface area contributed by atoms with Crippen LogP contribution in [-0.4, -0.2) is 23.0 Å². The van der Waals surface area contributed by atoms with Crippen molar-refractivity contribution in [3.63, 3.8) is 0 Å². The van der Waals surface area contributed by atoms with Crippen LogP contribution in [0.2, 0.25) is 5.02 Å². The summed E-state index contributed by atoms with van der Waals surface area (Å²) in [6.45, 7) is 3.55. The third-order valence-electron chi connectivity index (χ3n) is 3.95. The summed E-state index contributed by atoms with van der Waals surface area (Å²) in [6.07, 6.45) is -0.918. The molecule has 7 heteroatoms. The highest BCUT2D eigenvalue weighted by atomic mass is 35.5. The minimum absolute atomic E-state index is 0.0111. The molecule has 3 rings (SSSR count). The molecule has 1 N–H and O–H groups in total. The van der Waals surface area contributed by atoms with E-state index in [1.165, 1.54) is 23.8 Å². The van der Waals surface area contributed by atoms with E-state index in [-0.39, 0.29) is 6.42 Å². The van der Waals surface area contributed by atoms with Crippen molar-refractivity contribution in [1.82, 2.24) is 4.98 Å². The molecule has 0 aliphatic rings. The van der Waals surface area contributed by atoms with Crippen molar-refractivity contribution in [2.45, 2.75) is 26.4 Å². The van der Waals surface area contributed by atoms with Gasteiger partial charge in [-0.25, -0.2) is 4.98 Å². The van der Waals surface area contributed by atoms with Crippen LogP contribution in [-0.2, 0) is 20.7 Å². The van der Waals surface area contributed by atoms with Gasteiger partial charge in [0.15, 0.2) is 6.10 Å². The summed E-state index contributed by atoms with van der Waals surface area (Å²) in [4.78, 5) is 28.8. The largest absolute Gasteiger partial charge is 0.452 e. The number of hydrogen-bond acceptors (Lipinski definition) is 5. The number of ether oxygens (including phenoxy) is 1. The van der Waals surface area contributed by atoms with E-state index in [9.17, 15) is 9.59 Å². The van der Waals surface area contributed by atoms with Crippen LogP contribution in [0, 0.1) is 6.92 Å². The van der Waals surface area contributed by atoms with E-state index in [1.807, 2.05) is 36.6 Å². The van der Waals surface area contributed by atoms with Crippen LogP contribution >= 0.6 is 22.9 Å². The fourth-order valence-corrected chi connectivity index (χ4v) is 3.48. The van der Waals surface area contributed by atoms with Crippen molar-refractivity contribution in [2.24, 2.45) is 0 Å². The third kappa shape index (κ3) is 5.41. The number of amides is 1. The van der Waals surface area contributed by atoms with E-state index in [0.717, 1.165) is 10.6 Å². The van der Waals surface area contributed by atoms with Crippen molar-refractivity contribution in [3.05, 3.63) is 70.2 Å². The molecule has 0 bridgehead atoms. The van der Waals surface area contributed by atoms with E-state index in [2.05, 4.69) is 10.3 Å². The molecular weight excluding hydrogens is 396 g/mol. The summed E-state index contributed by atoms with van der Waals surface area (Å²) < 4.78 is 5.23. The molecular formula is C21H19ClN2O3S. The summed E-state index contributed by atoms with van der Waals surface area (Å²) in [5.41, 5.74) is 3.34. The SMILES string of the molecule is Cc1ccc(-c2nc(CC(=O)O[C@H](C)C(=O)Nc3cccc(Cl)c3)cs2)cc1. The number of rotatable bonds is 6. The molecule has 0 fully saturated rings. The number of aromatic nitrogens is 1. The van der Waals surface area contributed by atoms with Crippen LogP contribution in [0.4, 0.5) is 5.69 Å².